The predicted molar refractivity (Wildman–Crippen MR) is 215 cm³/mol. The molecule has 0 unspecified atom stereocenters. The molecule has 0 aliphatic carbocycles. The van der Waals surface area contributed by atoms with Gasteiger partial charge in [0.25, 0.3) is 0 Å². The molecule has 245 valence electrons. The molecule has 0 N–H and O–H groups in total. The van der Waals surface area contributed by atoms with Crippen LogP contribution in [0.5, 0.6) is 0 Å². The molecule has 0 aromatic heterocycles. The van der Waals surface area contributed by atoms with Crippen LogP contribution in [0.1, 0.15) is 0 Å². The molecule has 0 heterocycles. The van der Waals surface area contributed by atoms with Crippen LogP contribution >= 0.6 is 58.6 Å². The fourth-order valence-corrected chi connectivity index (χ4v) is 16.3. The van der Waals surface area contributed by atoms with E-state index in [9.17, 15) is 0 Å². The van der Waals surface area contributed by atoms with Crippen LogP contribution in [-0.4, -0.2) is 22.3 Å². The van der Waals surface area contributed by atoms with Gasteiger partial charge in [-0.2, -0.15) is 0 Å². The van der Waals surface area contributed by atoms with Crippen LogP contribution in [0.4, 0.5) is 0 Å². The van der Waals surface area contributed by atoms with E-state index in [1.54, 1.807) is 0 Å². The molecule has 0 nitrogen and oxygen atoms in total. The Hall–Kier alpha value is -1.90. The maximum atomic E-state index is 7.47. The standard InChI is InChI=1S/C41H36Cl3P3.Rh/c42-41(43,44)40(31-45(34-19-7-1-8-20-34)35-21-9-2-10-22-35,32-46(36-23-11-3-12-24-36)37-25-13-4-14-26-37)33-47(38-27-15-5-16-28-38)39-29-17-6-18-30-39;/h1-30H,31-33H2;. The van der Waals surface area contributed by atoms with Crippen molar-refractivity contribution < 1.29 is 19.5 Å². The van der Waals surface area contributed by atoms with Gasteiger partial charge < -0.3 is 0 Å². The average molecular weight is 831 g/mol. The Morgan fingerprint density at radius 1 is 0.312 bits per heavy atom. The van der Waals surface area contributed by atoms with Gasteiger partial charge in [0.15, 0.2) is 3.79 Å². The summed E-state index contributed by atoms with van der Waals surface area (Å²) in [4.78, 5) is 0. The van der Waals surface area contributed by atoms with Crippen LogP contribution in [0.25, 0.3) is 0 Å². The molecule has 0 aliphatic heterocycles. The number of halogens is 3. The summed E-state index contributed by atoms with van der Waals surface area (Å²) in [5.74, 6) is 0. The third-order valence-corrected chi connectivity index (χ3v) is 17.9. The summed E-state index contributed by atoms with van der Waals surface area (Å²) in [5.41, 5.74) is -0.691. The Bertz CT molecular complexity index is 1470. The Morgan fingerprint density at radius 2 is 0.479 bits per heavy atom. The first-order valence-corrected chi connectivity index (χ1v) is 21.3. The maximum Gasteiger partial charge on any atom is 0.197 e. The summed E-state index contributed by atoms with van der Waals surface area (Å²) in [7, 11) is -2.62. The Balaban J connectivity index is 0.00000451. The van der Waals surface area contributed by atoms with Gasteiger partial charge in [-0.25, -0.2) is 0 Å². The monoisotopic (exact) mass is 829 g/mol. The van der Waals surface area contributed by atoms with E-state index in [1.165, 1.54) is 31.8 Å². The molecule has 0 bridgehead atoms. The number of hydrogen-bond donors (Lipinski definition) is 0. The van der Waals surface area contributed by atoms with Gasteiger partial charge in [0, 0.05) is 24.9 Å². The summed E-state index contributed by atoms with van der Waals surface area (Å²) in [6.45, 7) is 0. The van der Waals surface area contributed by atoms with E-state index in [2.05, 4.69) is 182 Å². The molecule has 0 aliphatic rings. The Kier molecular flexibility index (Phi) is 13.9. The van der Waals surface area contributed by atoms with Crippen molar-refractivity contribution >= 4 is 90.4 Å². The zero-order valence-electron chi connectivity index (χ0n) is 26.3. The molecular formula is C41H36Cl3P3Rh. The molecule has 6 aromatic rings. The van der Waals surface area contributed by atoms with Gasteiger partial charge in [0.2, 0.25) is 0 Å². The zero-order valence-corrected chi connectivity index (χ0v) is 32.8. The van der Waals surface area contributed by atoms with Crippen molar-refractivity contribution in [1.29, 1.82) is 0 Å². The number of hydrogen-bond acceptors (Lipinski definition) is 0. The van der Waals surface area contributed by atoms with E-state index in [1.807, 2.05) is 0 Å². The Labute approximate surface area is 317 Å². The van der Waals surface area contributed by atoms with Crippen molar-refractivity contribution in [1.82, 2.24) is 0 Å². The number of alkyl halides is 3. The van der Waals surface area contributed by atoms with E-state index in [0.29, 0.717) is 0 Å². The minimum absolute atomic E-state index is 0. The SMILES string of the molecule is ClC(Cl)(Cl)C(CP(c1ccccc1)c1ccccc1)(CP(c1ccccc1)c1ccccc1)CP(c1ccccc1)c1ccccc1.[Rh]. The van der Waals surface area contributed by atoms with E-state index in [-0.39, 0.29) is 19.5 Å². The van der Waals surface area contributed by atoms with Gasteiger partial charge >= 0.3 is 0 Å². The number of benzene rings is 6. The van der Waals surface area contributed by atoms with Crippen LogP contribution in [0.3, 0.4) is 0 Å². The van der Waals surface area contributed by atoms with Crippen LogP contribution in [0.15, 0.2) is 182 Å². The predicted octanol–water partition coefficient (Wildman–Crippen LogP) is 9.74. The smallest absolute Gasteiger partial charge is 0.0830 e. The van der Waals surface area contributed by atoms with Gasteiger partial charge in [-0.05, 0) is 74.1 Å². The molecule has 48 heavy (non-hydrogen) atoms. The van der Waals surface area contributed by atoms with Crippen molar-refractivity contribution in [2.45, 2.75) is 3.79 Å². The van der Waals surface area contributed by atoms with Crippen molar-refractivity contribution in [3.8, 4) is 0 Å². The van der Waals surface area contributed by atoms with E-state index in [4.69, 9.17) is 34.8 Å². The molecule has 6 aromatic carbocycles. The minimum Gasteiger partial charge on any atom is -0.0830 e. The van der Waals surface area contributed by atoms with Crippen molar-refractivity contribution in [3.05, 3.63) is 182 Å². The molecule has 0 saturated heterocycles. The fourth-order valence-electron chi connectivity index (χ4n) is 5.97. The van der Waals surface area contributed by atoms with Crippen molar-refractivity contribution in [2.75, 3.05) is 18.5 Å². The molecule has 0 fully saturated rings. The molecule has 1 radical (unpaired) electrons. The molecule has 0 spiro atoms. The second kappa shape index (κ2) is 17.9. The summed E-state index contributed by atoms with van der Waals surface area (Å²) < 4.78 is -1.55. The van der Waals surface area contributed by atoms with Crippen molar-refractivity contribution in [2.24, 2.45) is 5.41 Å². The first-order chi connectivity index (χ1) is 22.9. The molecule has 7 heteroatoms. The molecule has 6 rings (SSSR count). The van der Waals surface area contributed by atoms with Gasteiger partial charge in [-0.1, -0.05) is 217 Å². The van der Waals surface area contributed by atoms with E-state index in [0.717, 1.165) is 18.5 Å². The van der Waals surface area contributed by atoms with Gasteiger partial charge in [0.05, 0.1) is 0 Å². The summed E-state index contributed by atoms with van der Waals surface area (Å²) in [6.07, 6.45) is 2.22. The van der Waals surface area contributed by atoms with E-state index < -0.39 is 33.0 Å². The molecular weight excluding hydrogens is 795 g/mol. The van der Waals surface area contributed by atoms with Gasteiger partial charge in [-0.15, -0.1) is 0 Å². The quantitative estimate of drug-likeness (QED) is 0.0655. The van der Waals surface area contributed by atoms with Crippen LogP contribution < -0.4 is 31.8 Å². The fraction of sp³-hybridized carbons (Fsp3) is 0.122. The molecule has 0 atom stereocenters. The summed E-state index contributed by atoms with van der Waals surface area (Å²) >= 11 is 22.4. The largest absolute Gasteiger partial charge is 0.197 e. The summed E-state index contributed by atoms with van der Waals surface area (Å²) in [6, 6.07) is 65.0. The first-order valence-electron chi connectivity index (χ1n) is 15.6. The third kappa shape index (κ3) is 9.25. The van der Waals surface area contributed by atoms with Crippen LogP contribution in [-0.2, 0) is 19.5 Å². The Morgan fingerprint density at radius 3 is 0.625 bits per heavy atom. The first kappa shape index (κ1) is 37.4. The minimum atomic E-state index is -1.55. The van der Waals surface area contributed by atoms with Crippen LogP contribution in [0.2, 0.25) is 0 Å². The molecule has 0 saturated carbocycles. The number of rotatable bonds is 12. The third-order valence-electron chi connectivity index (χ3n) is 8.39. The average Bonchev–Trinajstić information content (AvgIpc) is 3.13. The normalized spacial score (nSPS) is 11.9. The second-order valence-electron chi connectivity index (χ2n) is 11.5. The van der Waals surface area contributed by atoms with Crippen molar-refractivity contribution in [3.63, 3.8) is 0 Å². The summed E-state index contributed by atoms with van der Waals surface area (Å²) in [5, 5.41) is 7.75. The molecule has 0 amide bonds. The van der Waals surface area contributed by atoms with E-state index >= 15 is 0 Å². The van der Waals surface area contributed by atoms with Gasteiger partial charge in [0.1, 0.15) is 0 Å². The maximum absolute atomic E-state index is 7.47. The zero-order chi connectivity index (χ0) is 32.5. The topological polar surface area (TPSA) is 0 Å². The van der Waals surface area contributed by atoms with Gasteiger partial charge in [-0.3, -0.25) is 0 Å². The second-order valence-corrected chi connectivity index (χ2v) is 20.4. The van der Waals surface area contributed by atoms with Crippen LogP contribution in [0, 0.1) is 5.41 Å².